The fourth-order valence-corrected chi connectivity index (χ4v) is 5.11. The van der Waals surface area contributed by atoms with Gasteiger partial charge in [0, 0.05) is 0 Å². The first-order chi connectivity index (χ1) is 21.2. The maximum atomic E-state index is 9.17. The zero-order valence-corrected chi connectivity index (χ0v) is 19.2. The van der Waals surface area contributed by atoms with Crippen LogP contribution in [0.3, 0.4) is 0 Å². The van der Waals surface area contributed by atoms with Gasteiger partial charge in [0.25, 0.3) is 0 Å². The van der Waals surface area contributed by atoms with Crippen LogP contribution in [0.15, 0.2) is 145 Å². The maximum Gasteiger partial charge on any atom is 0.0629 e. The van der Waals surface area contributed by atoms with Crippen molar-refractivity contribution in [1.82, 2.24) is 0 Å². The van der Waals surface area contributed by atoms with E-state index in [9.17, 15) is 2.74 Å². The van der Waals surface area contributed by atoms with Crippen LogP contribution < -0.4 is 0 Å². The number of fused-ring (bicyclic) bond motifs is 3. The van der Waals surface area contributed by atoms with Gasteiger partial charge >= 0.3 is 0 Å². The average molecular weight is 465 g/mol. The largest absolute Gasteiger partial charge is 0.0629 e. The predicted molar refractivity (Wildman–Crippen MR) is 155 cm³/mol. The summed E-state index contributed by atoms with van der Waals surface area (Å²) >= 11 is 0. The van der Waals surface area contributed by atoms with Gasteiger partial charge in [0.2, 0.25) is 0 Å². The molecule has 0 aliphatic rings. The van der Waals surface area contributed by atoms with Crippen molar-refractivity contribution in [2.75, 3.05) is 0 Å². The summed E-state index contributed by atoms with van der Waals surface area (Å²) in [7, 11) is 0. The Morgan fingerprint density at radius 1 is 0.389 bits per heavy atom. The highest BCUT2D eigenvalue weighted by molar-refractivity contribution is 6.23. The number of hydrogen-bond acceptors (Lipinski definition) is 0. The van der Waals surface area contributed by atoms with E-state index in [-0.39, 0.29) is 45.7 Å². The van der Waals surface area contributed by atoms with Gasteiger partial charge in [0.1, 0.15) is 0 Å². The molecule has 0 heterocycles. The predicted octanol–water partition coefficient (Wildman–Crippen LogP) is 10.1. The van der Waals surface area contributed by atoms with Crippen LogP contribution in [-0.4, -0.2) is 0 Å². The van der Waals surface area contributed by atoms with Crippen molar-refractivity contribution in [2.24, 2.45) is 0 Å². The highest BCUT2D eigenvalue weighted by Gasteiger charge is 2.17. The van der Waals surface area contributed by atoms with E-state index in [4.69, 9.17) is 8.22 Å². The molecule has 0 bridgehead atoms. The Morgan fingerprint density at radius 2 is 0.917 bits per heavy atom. The van der Waals surface area contributed by atoms with E-state index in [1.54, 1.807) is 0 Å². The normalized spacial score (nSPS) is 14.4. The Balaban J connectivity index is 1.80. The van der Waals surface area contributed by atoms with Crippen molar-refractivity contribution in [1.29, 1.82) is 0 Å². The highest BCUT2D eigenvalue weighted by Crippen LogP contribution is 2.45. The van der Waals surface area contributed by atoms with Crippen LogP contribution >= 0.6 is 0 Å². The zero-order chi connectivity index (χ0) is 30.9. The van der Waals surface area contributed by atoms with E-state index >= 15 is 0 Å². The summed E-state index contributed by atoms with van der Waals surface area (Å²) in [6.07, 6.45) is 0. The van der Waals surface area contributed by atoms with Crippen molar-refractivity contribution < 1.29 is 11.0 Å². The molecule has 0 saturated heterocycles. The van der Waals surface area contributed by atoms with Crippen molar-refractivity contribution in [2.45, 2.75) is 0 Å². The molecule has 0 aliphatic heterocycles. The van der Waals surface area contributed by atoms with Crippen molar-refractivity contribution >= 4 is 32.3 Å². The van der Waals surface area contributed by atoms with Crippen molar-refractivity contribution in [3.63, 3.8) is 0 Å². The molecular weight excluding hydrogens is 432 g/mol. The van der Waals surface area contributed by atoms with Crippen molar-refractivity contribution in [3.05, 3.63) is 145 Å². The minimum Gasteiger partial charge on any atom is -0.0622 e. The molecule has 7 rings (SSSR count). The van der Waals surface area contributed by atoms with E-state index in [1.807, 2.05) is 97.1 Å². The van der Waals surface area contributed by atoms with Gasteiger partial charge in [-0.05, 0) is 71.8 Å². The van der Waals surface area contributed by atoms with Gasteiger partial charge in [-0.15, -0.1) is 0 Å². The quantitative estimate of drug-likeness (QED) is 0.228. The topological polar surface area (TPSA) is 0 Å². The van der Waals surface area contributed by atoms with Crippen LogP contribution in [0.25, 0.3) is 65.7 Å². The molecule has 0 unspecified atom stereocenters. The van der Waals surface area contributed by atoms with Gasteiger partial charge in [0.05, 0.1) is 11.0 Å². The first-order valence-electron chi connectivity index (χ1n) is 15.8. The van der Waals surface area contributed by atoms with Crippen LogP contribution in [0.4, 0.5) is 0 Å². The van der Waals surface area contributed by atoms with Gasteiger partial charge < -0.3 is 0 Å². The van der Waals surface area contributed by atoms with Gasteiger partial charge in [-0.3, -0.25) is 0 Å². The Hall–Kier alpha value is -4.68. The summed E-state index contributed by atoms with van der Waals surface area (Å²) < 4.78 is 71.3. The Labute approximate surface area is 222 Å². The molecule has 0 fully saturated rings. The number of hydrogen-bond donors (Lipinski definition) is 0. The molecular formula is C36H24. The number of rotatable bonds is 3. The minimum absolute atomic E-state index is 0.210. The van der Waals surface area contributed by atoms with Crippen LogP contribution in [0.1, 0.15) is 11.0 Å². The Morgan fingerprint density at radius 3 is 1.64 bits per heavy atom. The first-order valence-corrected chi connectivity index (χ1v) is 11.8. The second kappa shape index (κ2) is 8.52. The van der Waals surface area contributed by atoms with Gasteiger partial charge in [-0.1, -0.05) is 139 Å². The molecule has 36 heavy (non-hydrogen) atoms. The molecule has 0 heteroatoms. The summed E-state index contributed by atoms with van der Waals surface area (Å²) in [6.45, 7) is 0. The van der Waals surface area contributed by atoms with Crippen molar-refractivity contribution in [3.8, 4) is 33.4 Å². The van der Waals surface area contributed by atoms with Crippen LogP contribution in [0, 0.1) is 0 Å². The van der Waals surface area contributed by atoms with Crippen LogP contribution in [0.5, 0.6) is 0 Å². The lowest BCUT2D eigenvalue weighted by atomic mass is 9.84. The second-order valence-corrected chi connectivity index (χ2v) is 8.72. The number of benzene rings is 7. The maximum absolute atomic E-state index is 9.17. The fourth-order valence-electron chi connectivity index (χ4n) is 5.11. The third-order valence-electron chi connectivity index (χ3n) is 6.69. The molecule has 0 spiro atoms. The molecule has 0 nitrogen and oxygen atoms in total. The molecule has 0 amide bonds. The third kappa shape index (κ3) is 3.31. The van der Waals surface area contributed by atoms with E-state index in [0.29, 0.717) is 22.3 Å². The first kappa shape index (κ1) is 14.0. The summed E-state index contributed by atoms with van der Waals surface area (Å²) in [5.74, 6) is 0. The Bertz CT molecular complexity index is 2220. The summed E-state index contributed by atoms with van der Waals surface area (Å²) in [5.41, 5.74) is 3.71. The molecule has 0 N–H and O–H groups in total. The standard InChI is InChI=1S/C36H24/c1-2-12-25(13-3-1)27-16-10-17-28(24-27)35-31-19-6-8-21-33(31)36(34-22-9-7-20-32(34)35)30-23-11-15-26-14-4-5-18-29(26)30/h1-24H/i6D,7D,8D,9D,19D,20D,21D,22D. The van der Waals surface area contributed by atoms with Crippen LogP contribution in [-0.2, 0) is 0 Å². The molecule has 7 aromatic rings. The summed E-state index contributed by atoms with van der Waals surface area (Å²) in [5, 5.41) is 2.54. The van der Waals surface area contributed by atoms with E-state index < -0.39 is 24.2 Å². The summed E-state index contributed by atoms with van der Waals surface area (Å²) in [6, 6.07) is 27.8. The lowest BCUT2D eigenvalue weighted by molar-refractivity contribution is 1.61. The summed E-state index contributed by atoms with van der Waals surface area (Å²) in [4.78, 5) is 0. The van der Waals surface area contributed by atoms with Gasteiger partial charge in [-0.2, -0.15) is 0 Å². The molecule has 7 aromatic carbocycles. The monoisotopic (exact) mass is 464 g/mol. The molecule has 0 radical (unpaired) electrons. The highest BCUT2D eigenvalue weighted by atomic mass is 14.2. The fraction of sp³-hybridized carbons (Fsp3) is 0. The SMILES string of the molecule is [2H]c1c([2H])c([2H])c2c(-c3cccc4ccccc34)c3c([2H])c([2H])c([2H])c([2H])c3c(-c3cccc(-c4ccccc4)c3)c2c1[2H]. The molecule has 168 valence electrons. The lowest BCUT2D eigenvalue weighted by Gasteiger charge is -2.19. The van der Waals surface area contributed by atoms with E-state index in [2.05, 4.69) is 0 Å². The zero-order valence-electron chi connectivity index (χ0n) is 27.2. The minimum atomic E-state index is -0.410. The second-order valence-electron chi connectivity index (χ2n) is 8.72. The van der Waals surface area contributed by atoms with E-state index in [1.165, 1.54) is 0 Å². The average Bonchev–Trinajstić information content (AvgIpc) is 3.06. The van der Waals surface area contributed by atoms with E-state index in [0.717, 1.165) is 21.9 Å². The van der Waals surface area contributed by atoms with Gasteiger partial charge in [-0.25, -0.2) is 0 Å². The Kier molecular flexibility index (Phi) is 3.32. The molecule has 0 aliphatic carbocycles. The molecule has 0 aromatic heterocycles. The third-order valence-corrected chi connectivity index (χ3v) is 6.69. The van der Waals surface area contributed by atoms with Gasteiger partial charge in [0.15, 0.2) is 0 Å². The molecule has 0 saturated carbocycles. The van der Waals surface area contributed by atoms with Crippen LogP contribution in [0.2, 0.25) is 0 Å². The molecule has 0 atom stereocenters. The smallest absolute Gasteiger partial charge is 0.0622 e. The lowest BCUT2D eigenvalue weighted by Crippen LogP contribution is -1.91.